The molecular formula is C21H18N2O3. The van der Waals surface area contributed by atoms with Gasteiger partial charge < -0.3 is 14.8 Å². The zero-order valence-corrected chi connectivity index (χ0v) is 14.1. The number of rotatable bonds is 4. The normalized spacial score (nSPS) is 13.7. The van der Waals surface area contributed by atoms with E-state index in [1.54, 1.807) is 24.4 Å². The lowest BCUT2D eigenvalue weighted by atomic mass is 10.0. The van der Waals surface area contributed by atoms with E-state index in [-0.39, 0.29) is 11.9 Å². The van der Waals surface area contributed by atoms with Gasteiger partial charge in [0.05, 0.1) is 17.3 Å². The van der Waals surface area contributed by atoms with E-state index < -0.39 is 0 Å². The van der Waals surface area contributed by atoms with Crippen molar-refractivity contribution in [3.8, 4) is 11.5 Å². The standard InChI is InChI=1S/C21H18N2O3/c24-21(16-9-6-11-18-20(16)26-14-13-25-18)23-19(15-7-2-1-3-8-15)17-10-4-5-12-22-17/h1-12,19H,13-14H2,(H,23,24). The Labute approximate surface area is 151 Å². The summed E-state index contributed by atoms with van der Waals surface area (Å²) in [7, 11) is 0. The van der Waals surface area contributed by atoms with Crippen molar-refractivity contribution >= 4 is 5.91 Å². The number of carbonyl (C=O) groups is 1. The van der Waals surface area contributed by atoms with E-state index in [4.69, 9.17) is 9.47 Å². The Morgan fingerprint density at radius 2 is 1.73 bits per heavy atom. The van der Waals surface area contributed by atoms with Crippen LogP contribution in [-0.4, -0.2) is 24.1 Å². The molecule has 3 aromatic rings. The van der Waals surface area contributed by atoms with Crippen LogP contribution in [0.3, 0.4) is 0 Å². The summed E-state index contributed by atoms with van der Waals surface area (Å²) in [6.07, 6.45) is 1.72. The van der Waals surface area contributed by atoms with Crippen molar-refractivity contribution in [1.82, 2.24) is 10.3 Å². The molecule has 0 aliphatic carbocycles. The molecular weight excluding hydrogens is 328 g/mol. The van der Waals surface area contributed by atoms with Crippen LogP contribution in [0.25, 0.3) is 0 Å². The molecule has 1 aliphatic rings. The van der Waals surface area contributed by atoms with Gasteiger partial charge in [-0.25, -0.2) is 0 Å². The van der Waals surface area contributed by atoms with Gasteiger partial charge in [0.25, 0.3) is 5.91 Å². The van der Waals surface area contributed by atoms with Gasteiger partial charge in [0.1, 0.15) is 13.2 Å². The van der Waals surface area contributed by atoms with Crippen LogP contribution in [0, 0.1) is 0 Å². The van der Waals surface area contributed by atoms with E-state index in [1.807, 2.05) is 48.5 Å². The number of hydrogen-bond donors (Lipinski definition) is 1. The molecule has 1 atom stereocenters. The fourth-order valence-corrected chi connectivity index (χ4v) is 2.98. The first-order valence-corrected chi connectivity index (χ1v) is 8.48. The van der Waals surface area contributed by atoms with E-state index >= 15 is 0 Å². The summed E-state index contributed by atoms with van der Waals surface area (Å²) in [5.41, 5.74) is 2.19. The lowest BCUT2D eigenvalue weighted by Crippen LogP contribution is -2.31. The van der Waals surface area contributed by atoms with Gasteiger partial charge in [-0.3, -0.25) is 9.78 Å². The predicted octanol–water partition coefficient (Wildman–Crippen LogP) is 3.37. The number of hydrogen-bond acceptors (Lipinski definition) is 4. The number of fused-ring (bicyclic) bond motifs is 1. The molecule has 0 saturated heterocycles. The summed E-state index contributed by atoms with van der Waals surface area (Å²) in [4.78, 5) is 17.4. The summed E-state index contributed by atoms with van der Waals surface area (Å²) in [5.74, 6) is 0.855. The molecule has 1 aliphatic heterocycles. The fourth-order valence-electron chi connectivity index (χ4n) is 2.98. The number of para-hydroxylation sites is 1. The molecule has 26 heavy (non-hydrogen) atoms. The molecule has 5 nitrogen and oxygen atoms in total. The SMILES string of the molecule is O=C(NC(c1ccccc1)c1ccccn1)c1cccc2c1OCCO2. The van der Waals surface area contributed by atoms with Crippen molar-refractivity contribution in [2.45, 2.75) is 6.04 Å². The zero-order valence-electron chi connectivity index (χ0n) is 14.1. The number of pyridine rings is 1. The van der Waals surface area contributed by atoms with E-state index in [9.17, 15) is 4.79 Å². The number of ether oxygens (including phenoxy) is 2. The summed E-state index contributed by atoms with van der Waals surface area (Å²) in [5, 5.41) is 3.08. The highest BCUT2D eigenvalue weighted by Gasteiger charge is 2.24. The minimum atomic E-state index is -0.356. The summed E-state index contributed by atoms with van der Waals surface area (Å²) in [6.45, 7) is 0.915. The highest BCUT2D eigenvalue weighted by molar-refractivity contribution is 5.98. The van der Waals surface area contributed by atoms with Crippen molar-refractivity contribution in [3.63, 3.8) is 0 Å². The lowest BCUT2D eigenvalue weighted by Gasteiger charge is -2.23. The summed E-state index contributed by atoms with van der Waals surface area (Å²) < 4.78 is 11.2. The monoisotopic (exact) mass is 346 g/mol. The van der Waals surface area contributed by atoms with Crippen LogP contribution in [0.15, 0.2) is 72.9 Å². The molecule has 1 aromatic heterocycles. The second kappa shape index (κ2) is 7.27. The van der Waals surface area contributed by atoms with E-state index in [0.717, 1.165) is 11.3 Å². The molecule has 4 rings (SSSR count). The van der Waals surface area contributed by atoms with Crippen molar-refractivity contribution in [2.75, 3.05) is 13.2 Å². The maximum Gasteiger partial charge on any atom is 0.255 e. The molecule has 2 aromatic carbocycles. The lowest BCUT2D eigenvalue weighted by molar-refractivity contribution is 0.0931. The molecule has 0 fully saturated rings. The smallest absolute Gasteiger partial charge is 0.255 e. The number of nitrogens with zero attached hydrogens (tertiary/aromatic N) is 1. The second-order valence-electron chi connectivity index (χ2n) is 5.90. The Balaban J connectivity index is 1.67. The topological polar surface area (TPSA) is 60.5 Å². The molecule has 0 radical (unpaired) electrons. The zero-order chi connectivity index (χ0) is 17.8. The maximum absolute atomic E-state index is 13.0. The van der Waals surface area contributed by atoms with Crippen LogP contribution in [-0.2, 0) is 0 Å². The Bertz CT molecular complexity index is 858. The molecule has 1 amide bonds. The third-order valence-electron chi connectivity index (χ3n) is 4.20. The average Bonchev–Trinajstić information content (AvgIpc) is 2.72. The number of aromatic nitrogens is 1. The highest BCUT2D eigenvalue weighted by atomic mass is 16.6. The van der Waals surface area contributed by atoms with Gasteiger partial charge in [-0.05, 0) is 29.8 Å². The number of benzene rings is 2. The minimum Gasteiger partial charge on any atom is -0.486 e. The van der Waals surface area contributed by atoms with E-state index in [2.05, 4.69) is 10.3 Å². The molecule has 0 bridgehead atoms. The summed E-state index contributed by atoms with van der Waals surface area (Å²) >= 11 is 0. The van der Waals surface area contributed by atoms with Crippen molar-refractivity contribution in [2.24, 2.45) is 0 Å². The molecule has 130 valence electrons. The van der Waals surface area contributed by atoms with Gasteiger partial charge >= 0.3 is 0 Å². The predicted molar refractivity (Wildman–Crippen MR) is 97.4 cm³/mol. The van der Waals surface area contributed by atoms with E-state index in [1.165, 1.54) is 0 Å². The Morgan fingerprint density at radius 3 is 2.54 bits per heavy atom. The van der Waals surface area contributed by atoms with Gasteiger partial charge in [0, 0.05) is 6.20 Å². The molecule has 0 spiro atoms. The van der Waals surface area contributed by atoms with Gasteiger partial charge in [-0.15, -0.1) is 0 Å². The van der Waals surface area contributed by atoms with Crippen LogP contribution in [0.1, 0.15) is 27.7 Å². The highest BCUT2D eigenvalue weighted by Crippen LogP contribution is 2.34. The third-order valence-corrected chi connectivity index (χ3v) is 4.20. The Kier molecular flexibility index (Phi) is 4.51. The first kappa shape index (κ1) is 16.1. The number of carbonyl (C=O) groups excluding carboxylic acids is 1. The third kappa shape index (κ3) is 3.24. The van der Waals surface area contributed by atoms with Crippen LogP contribution in [0.5, 0.6) is 11.5 Å². The van der Waals surface area contributed by atoms with E-state index in [0.29, 0.717) is 30.3 Å². The maximum atomic E-state index is 13.0. The van der Waals surface area contributed by atoms with Gasteiger partial charge in [-0.2, -0.15) is 0 Å². The first-order chi connectivity index (χ1) is 12.8. The molecule has 2 heterocycles. The summed E-state index contributed by atoms with van der Waals surface area (Å²) in [6, 6.07) is 20.4. The molecule has 0 saturated carbocycles. The molecule has 5 heteroatoms. The van der Waals surface area contributed by atoms with Crippen LogP contribution < -0.4 is 14.8 Å². The quantitative estimate of drug-likeness (QED) is 0.787. The van der Waals surface area contributed by atoms with Gasteiger partial charge in [0.15, 0.2) is 11.5 Å². The fraction of sp³-hybridized carbons (Fsp3) is 0.143. The van der Waals surface area contributed by atoms with Gasteiger partial charge in [0.2, 0.25) is 0 Å². The number of nitrogens with one attached hydrogen (secondary N) is 1. The van der Waals surface area contributed by atoms with Crippen LogP contribution >= 0.6 is 0 Å². The molecule has 1 N–H and O–H groups in total. The van der Waals surface area contributed by atoms with Crippen molar-refractivity contribution in [3.05, 3.63) is 89.7 Å². The van der Waals surface area contributed by atoms with Crippen LogP contribution in [0.4, 0.5) is 0 Å². The second-order valence-corrected chi connectivity index (χ2v) is 5.90. The van der Waals surface area contributed by atoms with Crippen molar-refractivity contribution in [1.29, 1.82) is 0 Å². The minimum absolute atomic E-state index is 0.230. The Hall–Kier alpha value is -3.34. The van der Waals surface area contributed by atoms with Crippen molar-refractivity contribution < 1.29 is 14.3 Å². The number of amides is 1. The molecule has 1 unspecified atom stereocenters. The average molecular weight is 346 g/mol. The van der Waals surface area contributed by atoms with Crippen LogP contribution in [0.2, 0.25) is 0 Å². The Morgan fingerprint density at radius 1 is 0.923 bits per heavy atom. The first-order valence-electron chi connectivity index (χ1n) is 8.48. The largest absolute Gasteiger partial charge is 0.486 e. The van der Waals surface area contributed by atoms with Gasteiger partial charge in [-0.1, -0.05) is 42.5 Å².